The number of anilines is 1. The van der Waals surface area contributed by atoms with Gasteiger partial charge in [0.25, 0.3) is 0 Å². The Hall–Kier alpha value is -1.64. The van der Waals surface area contributed by atoms with Gasteiger partial charge >= 0.3 is 0 Å². The van der Waals surface area contributed by atoms with E-state index < -0.39 is 0 Å². The van der Waals surface area contributed by atoms with E-state index in [0.717, 1.165) is 11.3 Å². The highest BCUT2D eigenvalue weighted by molar-refractivity contribution is 5.89. The van der Waals surface area contributed by atoms with Gasteiger partial charge in [0.05, 0.1) is 12.8 Å². The highest BCUT2D eigenvalue weighted by atomic mass is 16.5. The summed E-state index contributed by atoms with van der Waals surface area (Å²) in [6.07, 6.45) is 0. The summed E-state index contributed by atoms with van der Waals surface area (Å²) in [5, 5.41) is 1.18. The lowest BCUT2D eigenvalue weighted by Crippen LogP contribution is -1.91. The van der Waals surface area contributed by atoms with E-state index in [1.807, 2.05) is 12.1 Å². The molecule has 0 fully saturated rings. The predicted octanol–water partition coefficient (Wildman–Crippen LogP) is 3.19. The van der Waals surface area contributed by atoms with E-state index in [4.69, 9.17) is 10.5 Å². The van der Waals surface area contributed by atoms with Gasteiger partial charge in [-0.2, -0.15) is 0 Å². The highest BCUT2D eigenvalue weighted by Gasteiger charge is 2.12. The van der Waals surface area contributed by atoms with E-state index in [2.05, 4.69) is 25.8 Å². The summed E-state index contributed by atoms with van der Waals surface area (Å²) in [5.41, 5.74) is 10.2. The van der Waals surface area contributed by atoms with Crippen LogP contribution in [0.15, 0.2) is 12.1 Å². The molecule has 1 aromatic heterocycles. The number of nitrogens with one attached hydrogen (secondary N) is 1. The van der Waals surface area contributed by atoms with Crippen LogP contribution in [0.25, 0.3) is 10.9 Å². The largest absolute Gasteiger partial charge is 0.495 e. The molecule has 2 aromatic rings. The molecule has 0 aliphatic heterocycles. The fraction of sp³-hybridized carbons (Fsp3) is 0.385. The molecule has 3 heteroatoms. The van der Waals surface area contributed by atoms with Gasteiger partial charge in [-0.25, -0.2) is 0 Å². The second-order valence-corrected chi connectivity index (χ2v) is 4.46. The Morgan fingerprint density at radius 3 is 2.56 bits per heavy atom. The summed E-state index contributed by atoms with van der Waals surface area (Å²) in [6, 6.07) is 3.94. The van der Waals surface area contributed by atoms with Gasteiger partial charge in [-0.3, -0.25) is 0 Å². The first-order valence-electron chi connectivity index (χ1n) is 5.50. The van der Waals surface area contributed by atoms with Crippen molar-refractivity contribution >= 4 is 16.6 Å². The van der Waals surface area contributed by atoms with Crippen molar-refractivity contribution in [3.63, 3.8) is 0 Å². The third kappa shape index (κ3) is 1.52. The Kier molecular flexibility index (Phi) is 2.54. The number of aromatic amines is 1. The van der Waals surface area contributed by atoms with Gasteiger partial charge in [-0.05, 0) is 24.5 Å². The average molecular weight is 218 g/mol. The number of rotatable bonds is 2. The molecule has 0 unspecified atom stereocenters. The molecule has 0 saturated carbocycles. The van der Waals surface area contributed by atoms with Gasteiger partial charge in [0.2, 0.25) is 0 Å². The quantitative estimate of drug-likeness (QED) is 0.760. The van der Waals surface area contributed by atoms with Crippen LogP contribution in [0, 0.1) is 6.92 Å². The number of fused-ring (bicyclic) bond motifs is 1. The SMILES string of the molecule is COc1cc2[nH]c(C(C)C)c(C)c2cc1N. The molecular weight excluding hydrogens is 200 g/mol. The highest BCUT2D eigenvalue weighted by Crippen LogP contribution is 2.32. The first kappa shape index (κ1) is 10.9. The van der Waals surface area contributed by atoms with Crippen LogP contribution in [0.5, 0.6) is 5.75 Å². The number of nitrogens with two attached hydrogens (primary N) is 1. The molecule has 2 rings (SSSR count). The van der Waals surface area contributed by atoms with E-state index in [-0.39, 0.29) is 0 Å². The minimum Gasteiger partial charge on any atom is -0.495 e. The zero-order valence-electron chi connectivity index (χ0n) is 10.2. The normalized spacial score (nSPS) is 11.3. The first-order valence-corrected chi connectivity index (χ1v) is 5.50. The fourth-order valence-corrected chi connectivity index (χ4v) is 2.15. The third-order valence-corrected chi connectivity index (χ3v) is 3.02. The van der Waals surface area contributed by atoms with Gasteiger partial charge < -0.3 is 15.5 Å². The molecular formula is C13H18N2O. The Morgan fingerprint density at radius 2 is 2.00 bits per heavy atom. The molecule has 0 radical (unpaired) electrons. The zero-order valence-corrected chi connectivity index (χ0v) is 10.2. The summed E-state index contributed by atoms with van der Waals surface area (Å²) in [5.74, 6) is 1.21. The van der Waals surface area contributed by atoms with Gasteiger partial charge in [0.1, 0.15) is 5.75 Å². The van der Waals surface area contributed by atoms with Gasteiger partial charge in [0.15, 0.2) is 0 Å². The molecule has 0 spiro atoms. The molecule has 3 nitrogen and oxygen atoms in total. The molecule has 1 aromatic carbocycles. The maximum absolute atomic E-state index is 5.91. The van der Waals surface area contributed by atoms with E-state index in [1.54, 1.807) is 7.11 Å². The lowest BCUT2D eigenvalue weighted by molar-refractivity contribution is 0.417. The molecule has 0 bridgehead atoms. The molecule has 0 atom stereocenters. The summed E-state index contributed by atoms with van der Waals surface area (Å²) >= 11 is 0. The molecule has 3 N–H and O–H groups in total. The van der Waals surface area contributed by atoms with Crippen LogP contribution in [-0.4, -0.2) is 12.1 Å². The summed E-state index contributed by atoms with van der Waals surface area (Å²) in [6.45, 7) is 6.48. The van der Waals surface area contributed by atoms with E-state index in [9.17, 15) is 0 Å². The van der Waals surface area contributed by atoms with Crippen LogP contribution in [0.1, 0.15) is 31.0 Å². The fourth-order valence-electron chi connectivity index (χ4n) is 2.15. The second kappa shape index (κ2) is 3.74. The number of methoxy groups -OCH3 is 1. The van der Waals surface area contributed by atoms with Crippen LogP contribution in [-0.2, 0) is 0 Å². The Balaban J connectivity index is 2.72. The minimum atomic E-state index is 0.486. The molecule has 86 valence electrons. The van der Waals surface area contributed by atoms with Crippen LogP contribution in [0.4, 0.5) is 5.69 Å². The van der Waals surface area contributed by atoms with Crippen LogP contribution >= 0.6 is 0 Å². The number of benzene rings is 1. The Labute approximate surface area is 95.6 Å². The molecule has 0 aliphatic carbocycles. The molecule has 1 heterocycles. The molecule has 0 saturated heterocycles. The molecule has 16 heavy (non-hydrogen) atoms. The first-order chi connectivity index (χ1) is 7.54. The number of hydrogen-bond acceptors (Lipinski definition) is 2. The van der Waals surface area contributed by atoms with Crippen molar-refractivity contribution in [1.82, 2.24) is 4.98 Å². The maximum Gasteiger partial charge on any atom is 0.143 e. The van der Waals surface area contributed by atoms with Gasteiger partial charge in [-0.1, -0.05) is 13.8 Å². The summed E-state index contributed by atoms with van der Waals surface area (Å²) < 4.78 is 5.22. The van der Waals surface area contributed by atoms with Crippen molar-refractivity contribution in [3.05, 3.63) is 23.4 Å². The van der Waals surface area contributed by atoms with Crippen LogP contribution in [0.2, 0.25) is 0 Å². The number of hydrogen-bond donors (Lipinski definition) is 2. The zero-order chi connectivity index (χ0) is 11.9. The van der Waals surface area contributed by atoms with Gasteiger partial charge in [-0.15, -0.1) is 0 Å². The van der Waals surface area contributed by atoms with E-state index in [0.29, 0.717) is 11.6 Å². The third-order valence-electron chi connectivity index (χ3n) is 3.02. The van der Waals surface area contributed by atoms with Crippen molar-refractivity contribution in [2.24, 2.45) is 0 Å². The Bertz CT molecular complexity index is 526. The van der Waals surface area contributed by atoms with Gasteiger partial charge in [0, 0.05) is 22.7 Å². The predicted molar refractivity (Wildman–Crippen MR) is 68.1 cm³/mol. The number of aromatic nitrogens is 1. The van der Waals surface area contributed by atoms with Crippen LogP contribution < -0.4 is 10.5 Å². The smallest absolute Gasteiger partial charge is 0.143 e. The maximum atomic E-state index is 5.91. The summed E-state index contributed by atoms with van der Waals surface area (Å²) in [7, 11) is 1.64. The van der Waals surface area contributed by atoms with Crippen molar-refractivity contribution in [3.8, 4) is 5.75 Å². The van der Waals surface area contributed by atoms with Crippen molar-refractivity contribution < 1.29 is 4.74 Å². The number of aryl methyl sites for hydroxylation is 1. The topological polar surface area (TPSA) is 51.0 Å². The molecule has 0 amide bonds. The Morgan fingerprint density at radius 1 is 1.31 bits per heavy atom. The van der Waals surface area contributed by atoms with Crippen molar-refractivity contribution in [2.75, 3.05) is 12.8 Å². The number of nitrogen functional groups attached to an aromatic ring is 1. The summed E-state index contributed by atoms with van der Waals surface area (Å²) in [4.78, 5) is 3.43. The van der Waals surface area contributed by atoms with E-state index >= 15 is 0 Å². The minimum absolute atomic E-state index is 0.486. The van der Waals surface area contributed by atoms with E-state index in [1.165, 1.54) is 16.6 Å². The van der Waals surface area contributed by atoms with Crippen LogP contribution in [0.3, 0.4) is 0 Å². The second-order valence-electron chi connectivity index (χ2n) is 4.46. The van der Waals surface area contributed by atoms with Crippen molar-refractivity contribution in [2.45, 2.75) is 26.7 Å². The lowest BCUT2D eigenvalue weighted by atomic mass is 10.0. The standard InChI is InChI=1S/C13H18N2O/c1-7(2)13-8(3)9-5-10(14)12(16-4)6-11(9)15-13/h5-7,15H,14H2,1-4H3. The molecule has 0 aliphatic rings. The van der Waals surface area contributed by atoms with Crippen molar-refractivity contribution in [1.29, 1.82) is 0 Å². The number of H-pyrrole nitrogens is 1. The monoisotopic (exact) mass is 218 g/mol. The number of ether oxygens (including phenoxy) is 1. The lowest BCUT2D eigenvalue weighted by Gasteiger charge is -2.04. The average Bonchev–Trinajstić information content (AvgIpc) is 2.55.